The number of carbonyl (C=O) groups is 1. The number of esters is 1. The van der Waals surface area contributed by atoms with Gasteiger partial charge in [0.1, 0.15) is 5.82 Å². The van der Waals surface area contributed by atoms with E-state index in [2.05, 4.69) is 10.3 Å². The molecule has 6 nitrogen and oxygen atoms in total. The summed E-state index contributed by atoms with van der Waals surface area (Å²) < 4.78 is 28.0. The number of aromatic nitrogens is 1. The number of rotatable bonds is 4. The summed E-state index contributed by atoms with van der Waals surface area (Å²) in [4.78, 5) is 15.6. The van der Waals surface area contributed by atoms with Gasteiger partial charge in [0, 0.05) is 12.2 Å². The van der Waals surface area contributed by atoms with Crippen molar-refractivity contribution < 1.29 is 17.9 Å². The van der Waals surface area contributed by atoms with E-state index in [1.54, 1.807) is 19.1 Å². The van der Waals surface area contributed by atoms with Gasteiger partial charge in [-0.05, 0) is 31.9 Å². The zero-order chi connectivity index (χ0) is 14.6. The monoisotopic (exact) mass is 298 g/mol. The van der Waals surface area contributed by atoms with Gasteiger partial charge in [-0.25, -0.2) is 18.2 Å². The summed E-state index contributed by atoms with van der Waals surface area (Å²) in [5.41, 5.74) is 0.383. The van der Waals surface area contributed by atoms with Crippen molar-refractivity contribution >= 4 is 21.6 Å². The second-order valence-corrected chi connectivity index (χ2v) is 6.98. The maximum atomic E-state index is 11.5. The number of pyridine rings is 1. The molecule has 1 N–H and O–H groups in total. The molecular weight excluding hydrogens is 280 g/mol. The van der Waals surface area contributed by atoms with Crippen molar-refractivity contribution in [2.24, 2.45) is 0 Å². The van der Waals surface area contributed by atoms with Crippen LogP contribution in [0.5, 0.6) is 0 Å². The zero-order valence-electron chi connectivity index (χ0n) is 11.3. The first-order valence-electron chi connectivity index (χ1n) is 6.60. The molecule has 1 aromatic heterocycles. The molecule has 0 aliphatic carbocycles. The third-order valence-electron chi connectivity index (χ3n) is 3.09. The molecule has 1 fully saturated rings. The number of hydrogen-bond donors (Lipinski definition) is 1. The quantitative estimate of drug-likeness (QED) is 0.842. The minimum Gasteiger partial charge on any atom is -0.462 e. The summed E-state index contributed by atoms with van der Waals surface area (Å²) >= 11 is 0. The van der Waals surface area contributed by atoms with Crippen LogP contribution in [0.2, 0.25) is 0 Å². The Bertz CT molecular complexity index is 569. The Morgan fingerprint density at radius 3 is 2.90 bits per heavy atom. The molecule has 1 aromatic rings. The number of sulfone groups is 1. The van der Waals surface area contributed by atoms with Crippen LogP contribution < -0.4 is 5.32 Å². The lowest BCUT2D eigenvalue weighted by atomic mass is 10.2. The van der Waals surface area contributed by atoms with Gasteiger partial charge in [0.15, 0.2) is 9.84 Å². The Kier molecular flexibility index (Phi) is 4.59. The van der Waals surface area contributed by atoms with E-state index in [1.165, 1.54) is 6.20 Å². The van der Waals surface area contributed by atoms with E-state index in [4.69, 9.17) is 4.74 Å². The van der Waals surface area contributed by atoms with Gasteiger partial charge in [-0.15, -0.1) is 0 Å². The van der Waals surface area contributed by atoms with Crippen molar-refractivity contribution in [2.75, 3.05) is 23.4 Å². The zero-order valence-corrected chi connectivity index (χ0v) is 12.1. The molecule has 0 amide bonds. The van der Waals surface area contributed by atoms with Crippen LogP contribution >= 0.6 is 0 Å². The second-order valence-electron chi connectivity index (χ2n) is 4.75. The lowest BCUT2D eigenvalue weighted by Crippen LogP contribution is -2.35. The first-order valence-corrected chi connectivity index (χ1v) is 8.42. The van der Waals surface area contributed by atoms with E-state index >= 15 is 0 Å². The Labute approximate surface area is 118 Å². The summed E-state index contributed by atoms with van der Waals surface area (Å²) in [7, 11) is -2.95. The SMILES string of the molecule is CCOC(=O)c1ccc(NC2CCCS(=O)(=O)C2)nc1. The van der Waals surface area contributed by atoms with Gasteiger partial charge in [0.25, 0.3) is 0 Å². The van der Waals surface area contributed by atoms with Crippen LogP contribution in [0.15, 0.2) is 18.3 Å². The van der Waals surface area contributed by atoms with E-state index in [1.807, 2.05) is 0 Å². The minimum absolute atomic E-state index is 0.116. The lowest BCUT2D eigenvalue weighted by Gasteiger charge is -2.23. The van der Waals surface area contributed by atoms with Crippen LogP contribution in [0.4, 0.5) is 5.82 Å². The number of nitrogens with one attached hydrogen (secondary N) is 1. The smallest absolute Gasteiger partial charge is 0.339 e. The van der Waals surface area contributed by atoms with Crippen LogP contribution in [0.3, 0.4) is 0 Å². The average molecular weight is 298 g/mol. The highest BCUT2D eigenvalue weighted by Crippen LogP contribution is 2.16. The van der Waals surface area contributed by atoms with E-state index in [9.17, 15) is 13.2 Å². The van der Waals surface area contributed by atoms with Crippen LogP contribution in [-0.2, 0) is 14.6 Å². The fraction of sp³-hybridized carbons (Fsp3) is 0.538. The fourth-order valence-corrected chi connectivity index (χ4v) is 3.80. The highest BCUT2D eigenvalue weighted by atomic mass is 32.2. The van der Waals surface area contributed by atoms with E-state index in [0.29, 0.717) is 24.4 Å². The van der Waals surface area contributed by atoms with E-state index in [0.717, 1.165) is 6.42 Å². The van der Waals surface area contributed by atoms with Gasteiger partial charge in [-0.2, -0.15) is 0 Å². The third kappa shape index (κ3) is 3.93. The molecule has 1 unspecified atom stereocenters. The largest absolute Gasteiger partial charge is 0.462 e. The molecule has 7 heteroatoms. The van der Waals surface area contributed by atoms with Crippen molar-refractivity contribution in [1.29, 1.82) is 0 Å². The number of hydrogen-bond acceptors (Lipinski definition) is 6. The Hall–Kier alpha value is -1.63. The molecule has 0 bridgehead atoms. The number of ether oxygens (including phenoxy) is 1. The molecule has 110 valence electrons. The van der Waals surface area contributed by atoms with Crippen LogP contribution in [-0.4, -0.2) is 43.5 Å². The van der Waals surface area contributed by atoms with Gasteiger partial charge in [0.2, 0.25) is 0 Å². The highest BCUT2D eigenvalue weighted by Gasteiger charge is 2.24. The molecular formula is C13H18N2O4S. The van der Waals surface area contributed by atoms with Crippen molar-refractivity contribution in [2.45, 2.75) is 25.8 Å². The van der Waals surface area contributed by atoms with Crippen LogP contribution in [0.1, 0.15) is 30.1 Å². The first-order chi connectivity index (χ1) is 9.50. The highest BCUT2D eigenvalue weighted by molar-refractivity contribution is 7.91. The number of carbonyl (C=O) groups excluding carboxylic acids is 1. The topological polar surface area (TPSA) is 85.4 Å². The molecule has 20 heavy (non-hydrogen) atoms. The van der Waals surface area contributed by atoms with Crippen molar-refractivity contribution in [3.05, 3.63) is 23.9 Å². The predicted octanol–water partition coefficient (Wildman–Crippen LogP) is 1.25. The summed E-state index contributed by atoms with van der Waals surface area (Å²) in [5, 5.41) is 3.09. The molecule has 1 saturated heterocycles. The van der Waals surface area contributed by atoms with E-state index in [-0.39, 0.29) is 17.5 Å². The molecule has 2 heterocycles. The molecule has 1 aliphatic heterocycles. The maximum Gasteiger partial charge on any atom is 0.339 e. The molecule has 2 rings (SSSR count). The Morgan fingerprint density at radius 2 is 2.30 bits per heavy atom. The number of anilines is 1. The predicted molar refractivity (Wildman–Crippen MR) is 75.5 cm³/mol. The third-order valence-corrected chi connectivity index (χ3v) is 4.91. The van der Waals surface area contributed by atoms with Crippen molar-refractivity contribution in [3.63, 3.8) is 0 Å². The lowest BCUT2D eigenvalue weighted by molar-refractivity contribution is 0.0526. The molecule has 0 aromatic carbocycles. The van der Waals surface area contributed by atoms with Gasteiger partial charge in [-0.1, -0.05) is 0 Å². The van der Waals surface area contributed by atoms with Crippen LogP contribution in [0.25, 0.3) is 0 Å². The Morgan fingerprint density at radius 1 is 1.50 bits per heavy atom. The van der Waals surface area contributed by atoms with Gasteiger partial charge in [0.05, 0.1) is 23.7 Å². The summed E-state index contributed by atoms with van der Waals surface area (Å²) in [6, 6.07) is 3.16. The molecule has 1 atom stereocenters. The summed E-state index contributed by atoms with van der Waals surface area (Å²) in [5.74, 6) is 0.557. The Balaban J connectivity index is 1.98. The second kappa shape index (κ2) is 6.21. The molecule has 0 saturated carbocycles. The normalized spacial score (nSPS) is 21.1. The fourth-order valence-electron chi connectivity index (χ4n) is 2.16. The molecule has 1 aliphatic rings. The van der Waals surface area contributed by atoms with Gasteiger partial charge < -0.3 is 10.1 Å². The number of nitrogens with zero attached hydrogens (tertiary/aromatic N) is 1. The average Bonchev–Trinajstić information content (AvgIpc) is 2.38. The minimum atomic E-state index is -2.95. The standard InChI is InChI=1S/C13H18N2O4S/c1-2-19-13(16)10-5-6-12(14-8-10)15-11-4-3-7-20(17,18)9-11/h5-6,8,11H,2-4,7,9H2,1H3,(H,14,15). The summed E-state index contributed by atoms with van der Waals surface area (Å²) in [6.45, 7) is 2.06. The molecule has 0 spiro atoms. The van der Waals surface area contributed by atoms with Crippen molar-refractivity contribution in [3.8, 4) is 0 Å². The van der Waals surface area contributed by atoms with Crippen LogP contribution in [0, 0.1) is 0 Å². The maximum absolute atomic E-state index is 11.5. The van der Waals surface area contributed by atoms with Gasteiger partial charge in [-0.3, -0.25) is 0 Å². The summed E-state index contributed by atoms with van der Waals surface area (Å²) in [6.07, 6.45) is 2.90. The molecule has 0 radical (unpaired) electrons. The van der Waals surface area contributed by atoms with Gasteiger partial charge >= 0.3 is 5.97 Å². The van der Waals surface area contributed by atoms with Crippen molar-refractivity contribution in [1.82, 2.24) is 4.98 Å². The first kappa shape index (κ1) is 14.8. The van der Waals surface area contributed by atoms with E-state index < -0.39 is 15.8 Å².